The van der Waals surface area contributed by atoms with E-state index in [4.69, 9.17) is 20.2 Å². The molecule has 0 spiro atoms. The lowest BCUT2D eigenvalue weighted by atomic mass is 9.99. The van der Waals surface area contributed by atoms with Gasteiger partial charge in [0.15, 0.2) is 11.5 Å². The highest BCUT2D eigenvalue weighted by Gasteiger charge is 2.33. The van der Waals surface area contributed by atoms with Gasteiger partial charge in [0.05, 0.1) is 44.3 Å². The minimum atomic E-state index is -0.409. The Labute approximate surface area is 203 Å². The normalized spacial score (nSPS) is 16.7. The van der Waals surface area contributed by atoms with Crippen LogP contribution in [0.4, 0.5) is 16.6 Å². The molecule has 0 radical (unpaired) electrons. The zero-order chi connectivity index (χ0) is 24.5. The van der Waals surface area contributed by atoms with Crippen molar-refractivity contribution in [1.82, 2.24) is 19.8 Å². The van der Waals surface area contributed by atoms with Crippen LogP contribution in [0.3, 0.4) is 0 Å². The molecule has 5 rings (SSSR count). The molecule has 0 aliphatic carbocycles. The average molecular weight is 479 g/mol. The highest BCUT2D eigenvalue weighted by molar-refractivity contribution is 6.05. The lowest BCUT2D eigenvalue weighted by Crippen LogP contribution is -2.58. The number of amides is 2. The molecular weight excluding hydrogens is 448 g/mol. The highest BCUT2D eigenvalue weighted by Crippen LogP contribution is 2.45. The van der Waals surface area contributed by atoms with E-state index >= 15 is 0 Å². The molecule has 2 saturated heterocycles. The molecule has 3 aromatic rings. The van der Waals surface area contributed by atoms with Gasteiger partial charge in [0.2, 0.25) is 5.95 Å². The molecule has 2 fully saturated rings. The molecular formula is C25H30N6O4. The molecule has 2 amide bonds. The third-order valence-corrected chi connectivity index (χ3v) is 6.59. The van der Waals surface area contributed by atoms with Crippen LogP contribution >= 0.6 is 0 Å². The summed E-state index contributed by atoms with van der Waals surface area (Å²) in [5.74, 6) is 2.02. The standard InChI is InChI=1S/C25H30N6O4/c1-34-19-13-18-21(20(22(19)35-2)16-7-4-3-5-8-16)23(26)28-24(27-18)29-9-6-10-30(12-11-29)25(33)31-14-17(32)15-31/h3-5,7-8,13,17,32H,6,9-12,14-15H2,1-2H3,(H2,26,27,28). The minimum Gasteiger partial charge on any atom is -0.493 e. The van der Waals surface area contributed by atoms with Crippen LogP contribution in [0.1, 0.15) is 6.42 Å². The van der Waals surface area contributed by atoms with Crippen LogP contribution in [-0.2, 0) is 0 Å². The molecule has 1 aromatic heterocycles. The molecule has 0 saturated carbocycles. The van der Waals surface area contributed by atoms with Gasteiger partial charge in [0.25, 0.3) is 0 Å². The van der Waals surface area contributed by atoms with E-state index in [2.05, 4.69) is 9.88 Å². The molecule has 2 aliphatic heterocycles. The van der Waals surface area contributed by atoms with E-state index in [-0.39, 0.29) is 6.03 Å². The van der Waals surface area contributed by atoms with Crippen molar-refractivity contribution >= 4 is 28.7 Å². The summed E-state index contributed by atoms with van der Waals surface area (Å²) in [7, 11) is 3.20. The summed E-state index contributed by atoms with van der Waals surface area (Å²) in [4.78, 5) is 27.8. The number of likely N-dealkylation sites (tertiary alicyclic amines) is 1. The number of aliphatic hydroxyl groups is 1. The largest absolute Gasteiger partial charge is 0.493 e. The van der Waals surface area contributed by atoms with E-state index < -0.39 is 6.10 Å². The number of nitrogens with two attached hydrogens (primary N) is 1. The number of urea groups is 1. The minimum absolute atomic E-state index is 0.0274. The summed E-state index contributed by atoms with van der Waals surface area (Å²) in [6.07, 6.45) is 0.373. The zero-order valence-corrected chi connectivity index (χ0v) is 20.0. The van der Waals surface area contributed by atoms with E-state index in [0.29, 0.717) is 73.4 Å². The summed E-state index contributed by atoms with van der Waals surface area (Å²) in [6.45, 7) is 3.29. The maximum Gasteiger partial charge on any atom is 0.320 e. The number of β-amino-alcohol motifs (C(OH)–C–C–N with tert-alkyl or cyclic N) is 1. The topological polar surface area (TPSA) is 117 Å². The number of carbonyl (C=O) groups excluding carboxylic acids is 1. The molecule has 3 heterocycles. The Morgan fingerprint density at radius 3 is 2.49 bits per heavy atom. The first kappa shape index (κ1) is 23.0. The number of carbonyl (C=O) groups is 1. The number of aromatic nitrogens is 2. The maximum atomic E-state index is 12.7. The average Bonchev–Trinajstić information content (AvgIpc) is 3.12. The summed E-state index contributed by atoms with van der Waals surface area (Å²) in [6, 6.07) is 11.6. The summed E-state index contributed by atoms with van der Waals surface area (Å²) in [5.41, 5.74) is 8.92. The van der Waals surface area contributed by atoms with Gasteiger partial charge in [-0.1, -0.05) is 30.3 Å². The van der Waals surface area contributed by atoms with Crippen molar-refractivity contribution in [2.45, 2.75) is 12.5 Å². The fraction of sp³-hybridized carbons (Fsp3) is 0.400. The number of hydrogen-bond acceptors (Lipinski definition) is 8. The van der Waals surface area contributed by atoms with Gasteiger partial charge in [-0.2, -0.15) is 4.98 Å². The number of nitrogen functional groups attached to an aromatic ring is 1. The van der Waals surface area contributed by atoms with Crippen LogP contribution in [-0.4, -0.2) is 90.5 Å². The van der Waals surface area contributed by atoms with Crippen LogP contribution in [0.2, 0.25) is 0 Å². The number of ether oxygens (including phenoxy) is 2. The Morgan fingerprint density at radius 2 is 1.80 bits per heavy atom. The molecule has 184 valence electrons. The quantitative estimate of drug-likeness (QED) is 0.586. The van der Waals surface area contributed by atoms with Crippen molar-refractivity contribution in [3.63, 3.8) is 0 Å². The number of hydrogen-bond donors (Lipinski definition) is 2. The van der Waals surface area contributed by atoms with Gasteiger partial charge >= 0.3 is 6.03 Å². The van der Waals surface area contributed by atoms with Gasteiger partial charge in [0, 0.05) is 37.8 Å². The maximum absolute atomic E-state index is 12.7. The van der Waals surface area contributed by atoms with Crippen molar-refractivity contribution in [1.29, 1.82) is 0 Å². The predicted molar refractivity (Wildman–Crippen MR) is 134 cm³/mol. The van der Waals surface area contributed by atoms with E-state index in [0.717, 1.165) is 17.5 Å². The Kier molecular flexibility index (Phi) is 6.21. The molecule has 35 heavy (non-hydrogen) atoms. The van der Waals surface area contributed by atoms with Gasteiger partial charge in [-0.3, -0.25) is 0 Å². The number of fused-ring (bicyclic) bond motifs is 1. The van der Waals surface area contributed by atoms with Crippen molar-refractivity contribution in [3.05, 3.63) is 36.4 Å². The van der Waals surface area contributed by atoms with Crippen molar-refractivity contribution in [3.8, 4) is 22.6 Å². The van der Waals surface area contributed by atoms with Gasteiger partial charge in [0.1, 0.15) is 5.82 Å². The van der Waals surface area contributed by atoms with Crippen molar-refractivity contribution in [2.75, 3.05) is 64.1 Å². The fourth-order valence-electron chi connectivity index (χ4n) is 4.77. The number of benzene rings is 2. The number of nitrogens with zero attached hydrogens (tertiary/aromatic N) is 5. The second kappa shape index (κ2) is 9.46. The number of aliphatic hydroxyl groups excluding tert-OH is 1. The lowest BCUT2D eigenvalue weighted by Gasteiger charge is -2.39. The van der Waals surface area contributed by atoms with Crippen LogP contribution in [0.25, 0.3) is 22.0 Å². The smallest absolute Gasteiger partial charge is 0.320 e. The van der Waals surface area contributed by atoms with Gasteiger partial charge in [-0.15, -0.1) is 0 Å². The Balaban J connectivity index is 1.49. The Morgan fingerprint density at radius 1 is 1.03 bits per heavy atom. The van der Waals surface area contributed by atoms with Crippen molar-refractivity contribution < 1.29 is 19.4 Å². The van der Waals surface area contributed by atoms with E-state index in [9.17, 15) is 9.90 Å². The van der Waals surface area contributed by atoms with E-state index in [1.807, 2.05) is 41.3 Å². The molecule has 0 unspecified atom stereocenters. The zero-order valence-electron chi connectivity index (χ0n) is 20.0. The first-order valence-corrected chi connectivity index (χ1v) is 11.7. The fourth-order valence-corrected chi connectivity index (χ4v) is 4.77. The second-order valence-electron chi connectivity index (χ2n) is 8.83. The Bertz CT molecular complexity index is 1230. The number of anilines is 2. The van der Waals surface area contributed by atoms with E-state index in [1.165, 1.54) is 0 Å². The van der Waals surface area contributed by atoms with Crippen LogP contribution < -0.4 is 20.1 Å². The lowest BCUT2D eigenvalue weighted by molar-refractivity contribution is 0.0156. The van der Waals surface area contributed by atoms with Crippen LogP contribution in [0, 0.1) is 0 Å². The molecule has 10 nitrogen and oxygen atoms in total. The second-order valence-corrected chi connectivity index (χ2v) is 8.83. The highest BCUT2D eigenvalue weighted by atomic mass is 16.5. The number of rotatable bonds is 4. The third kappa shape index (κ3) is 4.25. The van der Waals surface area contributed by atoms with Gasteiger partial charge in [-0.05, 0) is 12.0 Å². The Hall–Kier alpha value is -3.79. The summed E-state index contributed by atoms with van der Waals surface area (Å²) < 4.78 is 11.4. The molecule has 0 bridgehead atoms. The monoisotopic (exact) mass is 478 g/mol. The number of methoxy groups -OCH3 is 2. The summed E-state index contributed by atoms with van der Waals surface area (Å²) in [5, 5.41) is 10.2. The molecule has 0 atom stereocenters. The first-order valence-electron chi connectivity index (χ1n) is 11.7. The van der Waals surface area contributed by atoms with E-state index in [1.54, 1.807) is 19.1 Å². The third-order valence-electron chi connectivity index (χ3n) is 6.59. The molecule has 10 heteroatoms. The van der Waals surface area contributed by atoms with Crippen LogP contribution in [0.5, 0.6) is 11.5 Å². The first-order chi connectivity index (χ1) is 17.0. The molecule has 3 N–H and O–H groups in total. The van der Waals surface area contributed by atoms with Gasteiger partial charge < -0.3 is 35.0 Å². The van der Waals surface area contributed by atoms with Crippen molar-refractivity contribution in [2.24, 2.45) is 0 Å². The molecule has 2 aromatic carbocycles. The van der Waals surface area contributed by atoms with Gasteiger partial charge in [-0.25, -0.2) is 9.78 Å². The SMILES string of the molecule is COc1cc2nc(N3CCCN(C(=O)N4CC(O)C4)CC3)nc(N)c2c(-c2ccccc2)c1OC. The summed E-state index contributed by atoms with van der Waals surface area (Å²) >= 11 is 0. The van der Waals surface area contributed by atoms with Crippen LogP contribution in [0.15, 0.2) is 36.4 Å². The predicted octanol–water partition coefficient (Wildman–Crippen LogP) is 2.20. The molecule has 2 aliphatic rings.